The molecule has 1 amide bonds. The summed E-state index contributed by atoms with van der Waals surface area (Å²) in [7, 11) is 0. The van der Waals surface area contributed by atoms with Crippen LogP contribution in [0.4, 0.5) is 19.6 Å². The average Bonchev–Trinajstić information content (AvgIpc) is 2.76. The van der Waals surface area contributed by atoms with E-state index >= 15 is 0 Å². The topological polar surface area (TPSA) is 93.8 Å². The lowest BCUT2D eigenvalue weighted by Crippen LogP contribution is -2.14. The number of hydrogen-bond donors (Lipinski definition) is 2. The van der Waals surface area contributed by atoms with Gasteiger partial charge < -0.3 is 5.73 Å². The summed E-state index contributed by atoms with van der Waals surface area (Å²) < 4.78 is 29.6. The molecule has 1 aromatic heterocycles. The Morgan fingerprint density at radius 3 is 2.76 bits per heavy atom. The molecule has 2 aromatic rings. The molecule has 1 aromatic carbocycles. The molecule has 0 fully saturated rings. The summed E-state index contributed by atoms with van der Waals surface area (Å²) in [5.74, 6) is -2.73. The summed E-state index contributed by atoms with van der Waals surface area (Å²) in [5.41, 5.74) is 4.55. The molecule has 0 spiro atoms. The molecule has 3 N–H and O–H groups in total. The van der Waals surface area contributed by atoms with Gasteiger partial charge in [0.2, 0.25) is 5.13 Å². The smallest absolute Gasteiger partial charge is 0.260 e. The Morgan fingerprint density at radius 1 is 1.35 bits per heavy atom. The molecular formula is C8H5F2N5OS. The van der Waals surface area contributed by atoms with Crippen molar-refractivity contribution in [3.63, 3.8) is 0 Å². The van der Waals surface area contributed by atoms with Crippen LogP contribution in [0.2, 0.25) is 0 Å². The minimum absolute atomic E-state index is 0.109. The molecule has 0 saturated heterocycles. The maximum Gasteiger partial charge on any atom is 0.260 e. The molecule has 0 radical (unpaired) electrons. The van der Waals surface area contributed by atoms with E-state index in [1.54, 1.807) is 0 Å². The number of hydrogen-bond acceptors (Lipinski definition) is 6. The zero-order valence-corrected chi connectivity index (χ0v) is 8.96. The fraction of sp³-hybridized carbons (Fsp3) is 0. The van der Waals surface area contributed by atoms with E-state index in [1.807, 2.05) is 0 Å². The number of halogens is 2. The second-order valence-corrected chi connectivity index (χ2v) is 3.71. The van der Waals surface area contributed by atoms with Crippen LogP contribution in [0.15, 0.2) is 12.1 Å². The molecule has 0 aliphatic rings. The molecule has 17 heavy (non-hydrogen) atoms. The predicted molar refractivity (Wildman–Crippen MR) is 56.4 cm³/mol. The van der Waals surface area contributed by atoms with Crippen molar-refractivity contribution < 1.29 is 13.6 Å². The first-order valence-corrected chi connectivity index (χ1v) is 5.06. The van der Waals surface area contributed by atoms with Gasteiger partial charge in [-0.25, -0.2) is 8.78 Å². The minimum atomic E-state index is -1.01. The summed E-state index contributed by atoms with van der Waals surface area (Å²) in [6.45, 7) is 0. The van der Waals surface area contributed by atoms with Crippen molar-refractivity contribution in [3.05, 3.63) is 29.3 Å². The molecule has 0 unspecified atom stereocenters. The lowest BCUT2D eigenvalue weighted by Gasteiger charge is -2.04. The second-order valence-electron chi connectivity index (χ2n) is 2.98. The third kappa shape index (κ3) is 2.33. The Hall–Kier alpha value is -2.16. The molecule has 0 aliphatic carbocycles. The van der Waals surface area contributed by atoms with Gasteiger partial charge in [0, 0.05) is 17.6 Å². The quantitative estimate of drug-likeness (QED) is 0.784. The number of rotatable bonds is 2. The maximum atomic E-state index is 13.3. The monoisotopic (exact) mass is 257 g/mol. The number of amides is 1. The van der Waals surface area contributed by atoms with Gasteiger partial charge in [0.05, 0.1) is 11.3 Å². The number of carbonyl (C=O) groups excluding carboxylic acids is 1. The van der Waals surface area contributed by atoms with Crippen molar-refractivity contribution >= 4 is 28.3 Å². The molecule has 0 saturated carbocycles. The van der Waals surface area contributed by atoms with Gasteiger partial charge in [-0.05, 0) is 11.3 Å². The van der Waals surface area contributed by atoms with E-state index in [0.29, 0.717) is 6.07 Å². The number of nitrogens with zero attached hydrogens (tertiary/aromatic N) is 3. The summed E-state index contributed by atoms with van der Waals surface area (Å²) in [4.78, 5) is 11.6. The molecular weight excluding hydrogens is 252 g/mol. The van der Waals surface area contributed by atoms with Crippen LogP contribution in [0, 0.1) is 11.6 Å². The third-order valence-corrected chi connectivity index (χ3v) is 2.36. The van der Waals surface area contributed by atoms with Crippen LogP contribution >= 0.6 is 11.5 Å². The highest BCUT2D eigenvalue weighted by atomic mass is 32.1. The van der Waals surface area contributed by atoms with Gasteiger partial charge in [0.15, 0.2) is 0 Å². The van der Waals surface area contributed by atoms with Gasteiger partial charge in [-0.2, -0.15) is 0 Å². The van der Waals surface area contributed by atoms with Crippen molar-refractivity contribution in [2.45, 2.75) is 0 Å². The Balaban J connectivity index is 2.28. The average molecular weight is 257 g/mol. The van der Waals surface area contributed by atoms with Crippen molar-refractivity contribution in [2.24, 2.45) is 0 Å². The maximum absolute atomic E-state index is 13.3. The van der Waals surface area contributed by atoms with E-state index in [9.17, 15) is 13.6 Å². The van der Waals surface area contributed by atoms with Crippen LogP contribution in [-0.4, -0.2) is 20.7 Å². The van der Waals surface area contributed by atoms with Crippen LogP contribution in [0.25, 0.3) is 0 Å². The van der Waals surface area contributed by atoms with Crippen LogP contribution in [0.1, 0.15) is 10.4 Å². The van der Waals surface area contributed by atoms with Crippen molar-refractivity contribution in [2.75, 3.05) is 11.1 Å². The third-order valence-electron chi connectivity index (χ3n) is 1.85. The van der Waals surface area contributed by atoms with Gasteiger partial charge in [0.1, 0.15) is 11.6 Å². The van der Waals surface area contributed by atoms with E-state index in [0.717, 1.165) is 17.6 Å². The second kappa shape index (κ2) is 4.37. The number of aromatic nitrogens is 3. The van der Waals surface area contributed by atoms with E-state index < -0.39 is 17.5 Å². The highest BCUT2D eigenvalue weighted by Crippen LogP contribution is 2.18. The van der Waals surface area contributed by atoms with Crippen LogP contribution in [0.5, 0.6) is 0 Å². The first kappa shape index (κ1) is 11.3. The number of anilines is 2. The molecule has 0 bridgehead atoms. The molecule has 1 heterocycles. The summed E-state index contributed by atoms with van der Waals surface area (Å²) in [5, 5.41) is 9.06. The lowest BCUT2D eigenvalue weighted by molar-refractivity contribution is 0.102. The number of nitrogens with two attached hydrogens (primary N) is 1. The van der Waals surface area contributed by atoms with Gasteiger partial charge in [0.25, 0.3) is 5.91 Å². The SMILES string of the molecule is Nc1cc(C(=O)Nc2nnns2)c(F)cc1F. The summed E-state index contributed by atoms with van der Waals surface area (Å²) in [6.07, 6.45) is 0. The van der Waals surface area contributed by atoms with Crippen molar-refractivity contribution in [3.8, 4) is 0 Å². The van der Waals surface area contributed by atoms with Gasteiger partial charge >= 0.3 is 0 Å². The summed E-state index contributed by atoms with van der Waals surface area (Å²) >= 11 is 0.827. The number of nitrogens with one attached hydrogen (secondary N) is 1. The number of carbonyl (C=O) groups is 1. The largest absolute Gasteiger partial charge is 0.396 e. The van der Waals surface area contributed by atoms with Crippen LogP contribution in [0.3, 0.4) is 0 Å². The molecule has 0 atom stereocenters. The highest BCUT2D eigenvalue weighted by molar-refractivity contribution is 7.09. The zero-order valence-electron chi connectivity index (χ0n) is 8.15. The fourth-order valence-corrected chi connectivity index (χ4v) is 1.45. The van der Waals surface area contributed by atoms with Gasteiger partial charge in [-0.3, -0.25) is 10.1 Å². The van der Waals surface area contributed by atoms with E-state index in [4.69, 9.17) is 5.73 Å². The number of benzene rings is 1. The lowest BCUT2D eigenvalue weighted by atomic mass is 10.1. The van der Waals surface area contributed by atoms with Gasteiger partial charge in [-0.1, -0.05) is 9.59 Å². The first-order chi connectivity index (χ1) is 8.08. The zero-order chi connectivity index (χ0) is 12.4. The molecule has 9 heteroatoms. The Kier molecular flexibility index (Phi) is 2.91. The first-order valence-electron chi connectivity index (χ1n) is 4.29. The normalized spacial score (nSPS) is 10.2. The van der Waals surface area contributed by atoms with E-state index in [2.05, 4.69) is 20.1 Å². The Labute approximate surface area is 97.6 Å². The van der Waals surface area contributed by atoms with Crippen molar-refractivity contribution in [1.82, 2.24) is 14.8 Å². The molecule has 6 nitrogen and oxygen atoms in total. The van der Waals surface area contributed by atoms with E-state index in [-0.39, 0.29) is 16.4 Å². The fourth-order valence-electron chi connectivity index (χ4n) is 1.09. The standard InChI is InChI=1S/C8H5F2N5OS/c9-4-2-5(10)6(11)1-3(4)7(16)12-8-13-14-15-17-8/h1-2H,11H2,(H,12,13,15,16). The molecule has 2 rings (SSSR count). The highest BCUT2D eigenvalue weighted by Gasteiger charge is 2.16. The van der Waals surface area contributed by atoms with Gasteiger partial charge in [-0.15, -0.1) is 0 Å². The van der Waals surface area contributed by atoms with Crippen molar-refractivity contribution in [1.29, 1.82) is 0 Å². The minimum Gasteiger partial charge on any atom is -0.396 e. The summed E-state index contributed by atoms with van der Waals surface area (Å²) in [6, 6.07) is 1.46. The Morgan fingerprint density at radius 2 is 2.12 bits per heavy atom. The van der Waals surface area contributed by atoms with Crippen LogP contribution < -0.4 is 11.1 Å². The molecule has 88 valence electrons. The Bertz CT molecular complexity index is 559. The molecule has 0 aliphatic heterocycles. The van der Waals surface area contributed by atoms with E-state index in [1.165, 1.54) is 0 Å². The predicted octanol–water partition coefficient (Wildman–Crippen LogP) is 1.05. The number of nitrogen functional groups attached to an aromatic ring is 1. The van der Waals surface area contributed by atoms with Crippen LogP contribution in [-0.2, 0) is 0 Å².